The van der Waals surface area contributed by atoms with E-state index in [-0.39, 0.29) is 30.6 Å². The van der Waals surface area contributed by atoms with E-state index in [0.717, 1.165) is 25.7 Å². The number of nitrogens with one attached hydrogen (secondary N) is 1. The molecule has 2 saturated carbocycles. The number of anilines is 1. The van der Waals surface area contributed by atoms with E-state index in [1.54, 1.807) is 4.90 Å². The van der Waals surface area contributed by atoms with E-state index in [1.165, 1.54) is 56.1 Å². The lowest BCUT2D eigenvalue weighted by Gasteiger charge is -2.41. The lowest BCUT2D eigenvalue weighted by atomic mass is 9.89. The summed E-state index contributed by atoms with van der Waals surface area (Å²) in [7, 11) is 0. The zero-order valence-corrected chi connectivity index (χ0v) is 19.4. The lowest BCUT2D eigenvalue weighted by Crippen LogP contribution is -2.50. The van der Waals surface area contributed by atoms with Crippen LogP contribution in [-0.2, 0) is 4.79 Å². The molecule has 2 N–H and O–H groups in total. The van der Waals surface area contributed by atoms with Gasteiger partial charge in [-0.15, -0.1) is 0 Å². The zero-order valence-electron chi connectivity index (χ0n) is 18.6. The van der Waals surface area contributed by atoms with Crippen LogP contribution in [0.5, 0.6) is 0 Å². The van der Waals surface area contributed by atoms with E-state index in [2.05, 4.69) is 15.2 Å². The molecule has 3 amide bonds. The maximum Gasteiger partial charge on any atom is 0.324 e. The highest BCUT2D eigenvalue weighted by molar-refractivity contribution is 7.17. The summed E-state index contributed by atoms with van der Waals surface area (Å²) >= 11 is 1.17. The van der Waals surface area contributed by atoms with Crippen molar-refractivity contribution in [2.24, 2.45) is 5.92 Å². The standard InChI is InChI=1S/C23H34N4O4S/c28-20(26-13-7-8-16(15-26)21(29)30)19-14-24-22(32-19)25-23(31)27(17-9-3-1-4-10-17)18-11-5-2-6-12-18/h14,16-18H,1-13,15H2,(H,29,30)(H,24,25,31). The molecule has 3 fully saturated rings. The second-order valence-corrected chi connectivity index (χ2v) is 10.4. The van der Waals surface area contributed by atoms with Crippen molar-refractivity contribution in [1.29, 1.82) is 0 Å². The number of aromatic nitrogens is 1. The van der Waals surface area contributed by atoms with Crippen molar-refractivity contribution >= 4 is 34.4 Å². The Morgan fingerprint density at radius 2 is 1.59 bits per heavy atom. The first-order chi connectivity index (χ1) is 15.5. The van der Waals surface area contributed by atoms with Gasteiger partial charge in [0, 0.05) is 25.2 Å². The number of carbonyl (C=O) groups excluding carboxylic acids is 2. The molecule has 2 heterocycles. The Morgan fingerprint density at radius 3 is 2.19 bits per heavy atom. The second kappa shape index (κ2) is 10.6. The molecule has 0 spiro atoms. The highest BCUT2D eigenvalue weighted by Gasteiger charge is 2.33. The van der Waals surface area contributed by atoms with E-state index in [4.69, 9.17) is 0 Å². The monoisotopic (exact) mass is 462 g/mol. The molecule has 9 heteroatoms. The van der Waals surface area contributed by atoms with E-state index in [9.17, 15) is 19.5 Å². The van der Waals surface area contributed by atoms with Crippen molar-refractivity contribution in [2.75, 3.05) is 18.4 Å². The first-order valence-corrected chi connectivity index (χ1v) is 12.9. The van der Waals surface area contributed by atoms with Gasteiger partial charge in [-0.2, -0.15) is 0 Å². The molecular weight excluding hydrogens is 428 g/mol. The van der Waals surface area contributed by atoms with Crippen molar-refractivity contribution in [3.63, 3.8) is 0 Å². The topological polar surface area (TPSA) is 103 Å². The van der Waals surface area contributed by atoms with Gasteiger partial charge < -0.3 is 14.9 Å². The number of urea groups is 1. The van der Waals surface area contributed by atoms with Crippen molar-refractivity contribution < 1.29 is 19.5 Å². The summed E-state index contributed by atoms with van der Waals surface area (Å²) in [6, 6.07) is 0.476. The van der Waals surface area contributed by atoms with Crippen LogP contribution in [0.15, 0.2) is 6.20 Å². The minimum atomic E-state index is -0.856. The van der Waals surface area contributed by atoms with Crippen LogP contribution in [0.3, 0.4) is 0 Å². The van der Waals surface area contributed by atoms with Gasteiger partial charge in [0.2, 0.25) is 0 Å². The Bertz CT molecular complexity index is 799. The second-order valence-electron chi connectivity index (χ2n) is 9.38. The molecule has 1 aromatic heterocycles. The Labute approximate surface area is 193 Å². The molecule has 4 rings (SSSR count). The predicted octanol–water partition coefficient (Wildman–Crippen LogP) is 4.58. The molecule has 1 unspecified atom stereocenters. The third-order valence-electron chi connectivity index (χ3n) is 7.16. The van der Waals surface area contributed by atoms with Gasteiger partial charge in [0.05, 0.1) is 12.1 Å². The molecule has 32 heavy (non-hydrogen) atoms. The van der Waals surface area contributed by atoms with E-state index in [0.29, 0.717) is 29.4 Å². The van der Waals surface area contributed by atoms with Gasteiger partial charge in [-0.1, -0.05) is 49.9 Å². The van der Waals surface area contributed by atoms with Crippen molar-refractivity contribution in [3.05, 3.63) is 11.1 Å². The van der Waals surface area contributed by atoms with Crippen LogP contribution in [-0.4, -0.2) is 63.0 Å². The summed E-state index contributed by atoms with van der Waals surface area (Å²) in [6.45, 7) is 0.782. The first kappa shape index (κ1) is 23.0. The number of nitrogens with zero attached hydrogens (tertiary/aromatic N) is 3. The van der Waals surface area contributed by atoms with Crippen LogP contribution in [0.4, 0.5) is 9.93 Å². The van der Waals surface area contributed by atoms with Gasteiger partial charge in [-0.25, -0.2) is 9.78 Å². The molecule has 1 aliphatic heterocycles. The number of carboxylic acids is 1. The van der Waals surface area contributed by atoms with Crippen LogP contribution in [0.2, 0.25) is 0 Å². The van der Waals surface area contributed by atoms with Gasteiger partial charge >= 0.3 is 12.0 Å². The van der Waals surface area contributed by atoms with Crippen LogP contribution in [0.1, 0.15) is 86.7 Å². The summed E-state index contributed by atoms with van der Waals surface area (Å²) < 4.78 is 0. The molecule has 1 saturated heterocycles. The molecule has 1 aromatic rings. The van der Waals surface area contributed by atoms with Gasteiger partial charge in [-0.05, 0) is 38.5 Å². The fraction of sp³-hybridized carbons (Fsp3) is 0.739. The first-order valence-electron chi connectivity index (χ1n) is 12.1. The molecular formula is C23H34N4O4S. The number of carboxylic acid groups (broad SMARTS) is 1. The highest BCUT2D eigenvalue weighted by atomic mass is 32.1. The Balaban J connectivity index is 1.42. The quantitative estimate of drug-likeness (QED) is 0.667. The average molecular weight is 463 g/mol. The fourth-order valence-electron chi connectivity index (χ4n) is 5.45. The van der Waals surface area contributed by atoms with Gasteiger partial charge in [-0.3, -0.25) is 14.9 Å². The maximum absolute atomic E-state index is 13.3. The zero-order chi connectivity index (χ0) is 22.5. The third kappa shape index (κ3) is 5.42. The van der Waals surface area contributed by atoms with E-state index in [1.807, 2.05) is 0 Å². The maximum atomic E-state index is 13.3. The average Bonchev–Trinajstić information content (AvgIpc) is 3.28. The van der Waals surface area contributed by atoms with E-state index < -0.39 is 11.9 Å². The molecule has 176 valence electrons. The van der Waals surface area contributed by atoms with Crippen molar-refractivity contribution in [3.8, 4) is 0 Å². The number of hydrogen-bond acceptors (Lipinski definition) is 5. The minimum absolute atomic E-state index is 0.0962. The van der Waals surface area contributed by atoms with Gasteiger partial charge in [0.25, 0.3) is 5.91 Å². The smallest absolute Gasteiger partial charge is 0.324 e. The predicted molar refractivity (Wildman–Crippen MR) is 123 cm³/mol. The van der Waals surface area contributed by atoms with Crippen LogP contribution < -0.4 is 5.32 Å². The van der Waals surface area contributed by atoms with Crippen molar-refractivity contribution in [1.82, 2.24) is 14.8 Å². The summed E-state index contributed by atoms with van der Waals surface area (Å²) in [6.07, 6.45) is 14.2. The lowest BCUT2D eigenvalue weighted by molar-refractivity contribution is -0.143. The molecule has 1 atom stereocenters. The number of piperidine rings is 1. The number of rotatable bonds is 5. The van der Waals surface area contributed by atoms with Gasteiger partial charge in [0.1, 0.15) is 4.88 Å². The molecule has 3 aliphatic rings. The molecule has 0 aromatic carbocycles. The highest BCUT2D eigenvalue weighted by Crippen LogP contribution is 2.31. The van der Waals surface area contributed by atoms with Crippen LogP contribution >= 0.6 is 11.3 Å². The largest absolute Gasteiger partial charge is 0.481 e. The normalized spacial score (nSPS) is 23.0. The summed E-state index contributed by atoms with van der Waals surface area (Å²) in [5, 5.41) is 12.7. The number of amides is 3. The summed E-state index contributed by atoms with van der Waals surface area (Å²) in [4.78, 5) is 45.9. The van der Waals surface area contributed by atoms with Crippen molar-refractivity contribution in [2.45, 2.75) is 89.1 Å². The molecule has 2 aliphatic carbocycles. The number of hydrogen-bond donors (Lipinski definition) is 2. The number of thiazole rings is 1. The number of carbonyl (C=O) groups is 3. The van der Waals surface area contributed by atoms with E-state index >= 15 is 0 Å². The molecule has 0 bridgehead atoms. The third-order valence-corrected chi connectivity index (χ3v) is 8.06. The number of aliphatic carboxylic acids is 1. The minimum Gasteiger partial charge on any atom is -0.481 e. The fourth-order valence-corrected chi connectivity index (χ4v) is 6.23. The molecule has 8 nitrogen and oxygen atoms in total. The summed E-state index contributed by atoms with van der Waals surface area (Å²) in [5.74, 6) is -1.57. The van der Waals surface area contributed by atoms with Crippen LogP contribution in [0.25, 0.3) is 0 Å². The van der Waals surface area contributed by atoms with Crippen LogP contribution in [0, 0.1) is 5.92 Å². The Morgan fingerprint density at radius 1 is 0.969 bits per heavy atom. The number of likely N-dealkylation sites (tertiary alicyclic amines) is 1. The Kier molecular flexibility index (Phi) is 7.65. The summed E-state index contributed by atoms with van der Waals surface area (Å²) in [5.41, 5.74) is 0. The molecule has 0 radical (unpaired) electrons. The Hall–Kier alpha value is -2.16. The van der Waals surface area contributed by atoms with Gasteiger partial charge in [0.15, 0.2) is 5.13 Å². The SMILES string of the molecule is O=C(O)C1CCCN(C(=O)c2cnc(NC(=O)N(C3CCCCC3)C3CCCCC3)s2)C1.